The van der Waals surface area contributed by atoms with Crippen LogP contribution in [0.3, 0.4) is 0 Å². The number of amides is 1. The summed E-state index contributed by atoms with van der Waals surface area (Å²) in [4.78, 5) is 23.3. The molecule has 0 spiro atoms. The Kier molecular flexibility index (Phi) is 5.41. The summed E-state index contributed by atoms with van der Waals surface area (Å²) in [6.07, 6.45) is -0.161. The monoisotopic (exact) mass is 299 g/mol. The van der Waals surface area contributed by atoms with Gasteiger partial charge in [-0.15, -0.1) is 0 Å². The minimum atomic E-state index is -4.16. The van der Waals surface area contributed by atoms with Crippen molar-refractivity contribution in [1.82, 2.24) is 5.32 Å². The van der Waals surface area contributed by atoms with E-state index in [1.54, 1.807) is 24.3 Å². The number of benzene rings is 1. The van der Waals surface area contributed by atoms with Crippen LogP contribution in [0.25, 0.3) is 0 Å². The number of aryl methyl sites for hydroxylation is 1. The lowest BCUT2D eigenvalue weighted by molar-refractivity contribution is -0.118. The van der Waals surface area contributed by atoms with Gasteiger partial charge in [-0.3, -0.25) is 14.1 Å². The van der Waals surface area contributed by atoms with Crippen molar-refractivity contribution in [2.24, 2.45) is 0 Å². The number of hydrogen-bond acceptors (Lipinski definition) is 4. The fraction of sp³-hybridized carbons (Fsp3) is 0.385. The molecule has 0 fully saturated rings. The Hall–Kier alpha value is -1.73. The van der Waals surface area contributed by atoms with Crippen LogP contribution in [-0.4, -0.2) is 36.5 Å². The van der Waals surface area contributed by atoms with Gasteiger partial charge in [0.25, 0.3) is 16.0 Å². The molecule has 0 aliphatic rings. The molecule has 20 heavy (non-hydrogen) atoms. The smallest absolute Gasteiger partial charge is 0.264 e. The summed E-state index contributed by atoms with van der Waals surface area (Å²) < 4.78 is 30.0. The molecule has 0 radical (unpaired) electrons. The highest BCUT2D eigenvalue weighted by molar-refractivity contribution is 7.85. The van der Waals surface area contributed by atoms with E-state index in [2.05, 4.69) is 5.32 Å². The molecule has 0 saturated heterocycles. The summed E-state index contributed by atoms with van der Waals surface area (Å²) in [5, 5.41) is 2.46. The van der Waals surface area contributed by atoms with Crippen LogP contribution < -0.4 is 5.32 Å². The van der Waals surface area contributed by atoms with E-state index in [1.165, 1.54) is 6.92 Å². The Morgan fingerprint density at radius 3 is 2.25 bits per heavy atom. The lowest BCUT2D eigenvalue weighted by Crippen LogP contribution is -2.40. The summed E-state index contributed by atoms with van der Waals surface area (Å²) in [6.45, 7) is 3.14. The third-order valence-corrected chi connectivity index (χ3v) is 3.53. The Bertz CT molecular complexity index is 592. The molecule has 0 aliphatic heterocycles. The molecule has 0 bridgehead atoms. The quantitative estimate of drug-likeness (QED) is 0.762. The standard InChI is InChI=1S/C13H17NO5S/c1-9-3-5-11(6-4-9)13(16)14-12(10(2)15)7-8-20(17,18)19/h3-6,12H,7-8H2,1-2H3,(H,14,16)(H,17,18,19). The summed E-state index contributed by atoms with van der Waals surface area (Å²) in [5.74, 6) is -1.40. The maximum atomic E-state index is 11.9. The molecule has 0 heterocycles. The van der Waals surface area contributed by atoms with Crippen molar-refractivity contribution >= 4 is 21.8 Å². The van der Waals surface area contributed by atoms with Crippen LogP contribution in [0.4, 0.5) is 0 Å². The molecule has 1 amide bonds. The van der Waals surface area contributed by atoms with Crippen molar-refractivity contribution in [1.29, 1.82) is 0 Å². The third-order valence-electron chi connectivity index (χ3n) is 2.77. The zero-order valence-electron chi connectivity index (χ0n) is 11.3. The molecule has 0 aliphatic carbocycles. The first-order valence-corrected chi connectivity index (χ1v) is 7.63. The highest BCUT2D eigenvalue weighted by Gasteiger charge is 2.20. The summed E-state index contributed by atoms with van der Waals surface area (Å²) in [7, 11) is -4.16. The van der Waals surface area contributed by atoms with E-state index in [-0.39, 0.29) is 12.2 Å². The Balaban J connectivity index is 2.73. The van der Waals surface area contributed by atoms with Crippen molar-refractivity contribution < 1.29 is 22.6 Å². The van der Waals surface area contributed by atoms with Gasteiger partial charge in [0.2, 0.25) is 0 Å². The van der Waals surface area contributed by atoms with Crippen molar-refractivity contribution in [3.8, 4) is 0 Å². The molecule has 2 N–H and O–H groups in total. The van der Waals surface area contributed by atoms with Crippen molar-refractivity contribution in [3.63, 3.8) is 0 Å². The Labute approximate surface area is 117 Å². The second-order valence-electron chi connectivity index (χ2n) is 4.58. The van der Waals surface area contributed by atoms with Crippen LogP contribution in [0, 0.1) is 6.92 Å². The van der Waals surface area contributed by atoms with Crippen LogP contribution in [0.15, 0.2) is 24.3 Å². The number of rotatable bonds is 6. The van der Waals surface area contributed by atoms with Crippen molar-refractivity contribution in [3.05, 3.63) is 35.4 Å². The van der Waals surface area contributed by atoms with Crippen LogP contribution in [0.1, 0.15) is 29.3 Å². The molecule has 110 valence electrons. The first-order chi connectivity index (χ1) is 9.19. The average Bonchev–Trinajstić information content (AvgIpc) is 2.33. The maximum absolute atomic E-state index is 11.9. The van der Waals surface area contributed by atoms with Gasteiger partial charge in [-0.25, -0.2) is 0 Å². The number of carbonyl (C=O) groups is 2. The highest BCUT2D eigenvalue weighted by atomic mass is 32.2. The number of nitrogens with one attached hydrogen (secondary N) is 1. The largest absolute Gasteiger partial charge is 0.342 e. The third kappa shape index (κ3) is 5.50. The number of Topliss-reactive ketones (excluding diaryl/α,β-unsaturated/α-hetero) is 1. The zero-order valence-corrected chi connectivity index (χ0v) is 12.1. The SMILES string of the molecule is CC(=O)C(CCS(=O)(=O)O)NC(=O)c1ccc(C)cc1. The van der Waals surface area contributed by atoms with Gasteiger partial charge in [-0.1, -0.05) is 17.7 Å². The topological polar surface area (TPSA) is 101 Å². The molecule has 0 saturated carbocycles. The number of carbonyl (C=O) groups excluding carboxylic acids is 2. The van der Waals surface area contributed by atoms with Gasteiger partial charge in [0.15, 0.2) is 5.78 Å². The minimum Gasteiger partial charge on any atom is -0.342 e. The molecule has 7 heteroatoms. The van der Waals surface area contributed by atoms with E-state index in [0.717, 1.165) is 5.56 Å². The molecule has 0 aromatic heterocycles. The first-order valence-electron chi connectivity index (χ1n) is 6.02. The summed E-state index contributed by atoms with van der Waals surface area (Å²) >= 11 is 0. The second kappa shape index (κ2) is 6.62. The van der Waals surface area contributed by atoms with Gasteiger partial charge in [0, 0.05) is 5.56 Å². The van der Waals surface area contributed by atoms with E-state index in [0.29, 0.717) is 5.56 Å². The van der Waals surface area contributed by atoms with Crippen LogP contribution in [0.2, 0.25) is 0 Å². The van der Waals surface area contributed by atoms with E-state index in [9.17, 15) is 18.0 Å². The molecule has 1 unspecified atom stereocenters. The second-order valence-corrected chi connectivity index (χ2v) is 6.15. The molecule has 1 rings (SSSR count). The number of hydrogen-bond donors (Lipinski definition) is 2. The molecule has 6 nitrogen and oxygen atoms in total. The van der Waals surface area contributed by atoms with Gasteiger partial charge in [0.05, 0.1) is 11.8 Å². The fourth-order valence-corrected chi connectivity index (χ4v) is 2.12. The summed E-state index contributed by atoms with van der Waals surface area (Å²) in [6, 6.07) is 5.81. The lowest BCUT2D eigenvalue weighted by atomic mass is 10.1. The van der Waals surface area contributed by atoms with Crippen molar-refractivity contribution in [2.75, 3.05) is 5.75 Å². The molecule has 1 atom stereocenters. The zero-order chi connectivity index (χ0) is 15.3. The van der Waals surface area contributed by atoms with Crippen molar-refractivity contribution in [2.45, 2.75) is 26.3 Å². The van der Waals surface area contributed by atoms with Gasteiger partial charge in [-0.2, -0.15) is 8.42 Å². The number of ketones is 1. The predicted molar refractivity (Wildman–Crippen MR) is 74.1 cm³/mol. The van der Waals surface area contributed by atoms with Crippen LogP contribution >= 0.6 is 0 Å². The van der Waals surface area contributed by atoms with Gasteiger partial charge < -0.3 is 5.32 Å². The molecular formula is C13H17NO5S. The van der Waals surface area contributed by atoms with E-state index < -0.39 is 27.8 Å². The normalized spacial score (nSPS) is 12.8. The fourth-order valence-electron chi connectivity index (χ4n) is 1.59. The van der Waals surface area contributed by atoms with Gasteiger partial charge >= 0.3 is 0 Å². The highest BCUT2D eigenvalue weighted by Crippen LogP contribution is 2.05. The Morgan fingerprint density at radius 2 is 1.80 bits per heavy atom. The summed E-state index contributed by atoms with van der Waals surface area (Å²) in [5.41, 5.74) is 1.38. The van der Waals surface area contributed by atoms with E-state index in [1.807, 2.05) is 6.92 Å². The first kappa shape index (κ1) is 16.3. The maximum Gasteiger partial charge on any atom is 0.264 e. The van der Waals surface area contributed by atoms with E-state index >= 15 is 0 Å². The molecule has 1 aromatic carbocycles. The average molecular weight is 299 g/mol. The molecule has 1 aromatic rings. The molecular weight excluding hydrogens is 282 g/mol. The van der Waals surface area contributed by atoms with Gasteiger partial charge in [0.1, 0.15) is 0 Å². The van der Waals surface area contributed by atoms with Gasteiger partial charge in [-0.05, 0) is 32.4 Å². The van der Waals surface area contributed by atoms with Crippen LogP contribution in [-0.2, 0) is 14.9 Å². The van der Waals surface area contributed by atoms with E-state index in [4.69, 9.17) is 4.55 Å². The lowest BCUT2D eigenvalue weighted by Gasteiger charge is -2.15. The minimum absolute atomic E-state index is 0.161. The Morgan fingerprint density at radius 1 is 1.25 bits per heavy atom. The van der Waals surface area contributed by atoms with Crippen LogP contribution in [0.5, 0.6) is 0 Å². The predicted octanol–water partition coefficient (Wildman–Crippen LogP) is 0.960.